The Kier molecular flexibility index (Phi) is 7.21. The summed E-state index contributed by atoms with van der Waals surface area (Å²) in [6.07, 6.45) is 0.836. The molecular formula is C22H28O5. The largest absolute Gasteiger partial charge is 0.457 e. The first-order chi connectivity index (χ1) is 13.2. The maximum absolute atomic E-state index is 12.3. The van der Waals surface area contributed by atoms with Gasteiger partial charge in [0, 0.05) is 13.0 Å². The van der Waals surface area contributed by atoms with Crippen molar-refractivity contribution in [3.05, 3.63) is 48.0 Å². The van der Waals surface area contributed by atoms with Gasteiger partial charge in [-0.2, -0.15) is 0 Å². The summed E-state index contributed by atoms with van der Waals surface area (Å²) >= 11 is 0. The molecule has 0 radical (unpaired) electrons. The molecule has 5 nitrogen and oxygen atoms in total. The molecule has 0 bridgehead atoms. The fourth-order valence-corrected chi connectivity index (χ4v) is 3.31. The van der Waals surface area contributed by atoms with Crippen LogP contribution >= 0.6 is 0 Å². The summed E-state index contributed by atoms with van der Waals surface area (Å²) in [6.45, 7) is 4.26. The normalized spacial score (nSPS) is 16.7. The summed E-state index contributed by atoms with van der Waals surface area (Å²) in [4.78, 5) is 12.3. The third-order valence-corrected chi connectivity index (χ3v) is 4.99. The summed E-state index contributed by atoms with van der Waals surface area (Å²) in [6, 6.07) is 14.8. The monoisotopic (exact) mass is 372 g/mol. The van der Waals surface area contributed by atoms with Crippen LogP contribution < -0.4 is 0 Å². The van der Waals surface area contributed by atoms with Gasteiger partial charge in [0.2, 0.25) is 0 Å². The Morgan fingerprint density at radius 2 is 1.89 bits per heavy atom. The number of hydrogen-bond acceptors (Lipinski definition) is 5. The van der Waals surface area contributed by atoms with Crippen molar-refractivity contribution in [2.75, 3.05) is 40.1 Å². The zero-order chi connectivity index (χ0) is 19.1. The maximum Gasteiger partial charge on any atom is 0.314 e. The number of ether oxygens (including phenoxy) is 4. The molecule has 5 heteroatoms. The van der Waals surface area contributed by atoms with Crippen LogP contribution in [0.25, 0.3) is 10.8 Å². The molecular weight excluding hydrogens is 344 g/mol. The Balaban J connectivity index is 1.59. The molecule has 0 amide bonds. The lowest BCUT2D eigenvalue weighted by Gasteiger charge is -2.27. The highest BCUT2D eigenvalue weighted by atomic mass is 16.6. The number of fused-ring (bicyclic) bond motifs is 1. The Hall–Kier alpha value is -1.95. The fraction of sp³-hybridized carbons (Fsp3) is 0.500. The first-order valence-electron chi connectivity index (χ1n) is 9.55. The van der Waals surface area contributed by atoms with Gasteiger partial charge < -0.3 is 18.9 Å². The third-order valence-electron chi connectivity index (χ3n) is 4.99. The van der Waals surface area contributed by atoms with Crippen molar-refractivity contribution in [2.24, 2.45) is 5.92 Å². The van der Waals surface area contributed by atoms with Crippen LogP contribution in [0, 0.1) is 5.92 Å². The number of esters is 1. The van der Waals surface area contributed by atoms with E-state index in [9.17, 15) is 4.79 Å². The number of hydrogen-bond donors (Lipinski definition) is 0. The number of carbonyl (C=O) groups excluding carboxylic acids is 1. The molecule has 146 valence electrons. The van der Waals surface area contributed by atoms with Gasteiger partial charge in [0.05, 0.1) is 33.0 Å². The lowest BCUT2D eigenvalue weighted by molar-refractivity contribution is -0.180. The lowest BCUT2D eigenvalue weighted by Crippen LogP contribution is -2.40. The number of benzene rings is 2. The molecule has 1 saturated heterocycles. The summed E-state index contributed by atoms with van der Waals surface area (Å²) in [7, 11) is 1.58. The molecule has 2 aromatic rings. The molecule has 1 fully saturated rings. The molecule has 0 aromatic heterocycles. The van der Waals surface area contributed by atoms with Crippen LogP contribution in [0.1, 0.15) is 24.8 Å². The van der Waals surface area contributed by atoms with E-state index in [1.165, 1.54) is 16.3 Å². The predicted octanol–water partition coefficient (Wildman–Crippen LogP) is 3.55. The quantitative estimate of drug-likeness (QED) is 0.597. The molecule has 2 unspecified atom stereocenters. The molecule has 2 atom stereocenters. The summed E-state index contributed by atoms with van der Waals surface area (Å²) in [5.41, 5.74) is 1.29. The van der Waals surface area contributed by atoms with Crippen molar-refractivity contribution >= 4 is 16.7 Å². The van der Waals surface area contributed by atoms with Gasteiger partial charge in [-0.1, -0.05) is 49.4 Å². The zero-order valence-electron chi connectivity index (χ0n) is 16.1. The van der Waals surface area contributed by atoms with E-state index < -0.39 is 5.92 Å². The van der Waals surface area contributed by atoms with Crippen LogP contribution in [0.15, 0.2) is 42.5 Å². The first-order valence-corrected chi connectivity index (χ1v) is 9.55. The van der Waals surface area contributed by atoms with Crippen LogP contribution in [0.4, 0.5) is 0 Å². The summed E-state index contributed by atoms with van der Waals surface area (Å²) in [5, 5.41) is 2.49. The standard InChI is InChI=1S/C22H28O5/c1-3-16(20-10-6-8-17-7-4-5-9-21(17)20)12-25-13-18(11-24-2)22(23)27-19-14-26-15-19/h4-10,16,18-19H,3,11-15H2,1-2H3. The van der Waals surface area contributed by atoms with Gasteiger partial charge in [-0.05, 0) is 22.8 Å². The van der Waals surface area contributed by atoms with E-state index in [4.69, 9.17) is 18.9 Å². The minimum Gasteiger partial charge on any atom is -0.457 e. The van der Waals surface area contributed by atoms with Gasteiger partial charge in [0.1, 0.15) is 12.0 Å². The van der Waals surface area contributed by atoms with E-state index >= 15 is 0 Å². The van der Waals surface area contributed by atoms with Crippen LogP contribution in [-0.2, 0) is 23.7 Å². The molecule has 0 N–H and O–H groups in total. The molecule has 1 heterocycles. The van der Waals surface area contributed by atoms with Crippen molar-refractivity contribution in [1.29, 1.82) is 0 Å². The highest BCUT2D eigenvalue weighted by Gasteiger charge is 2.28. The van der Waals surface area contributed by atoms with E-state index in [1.807, 2.05) is 0 Å². The van der Waals surface area contributed by atoms with E-state index in [1.54, 1.807) is 7.11 Å². The summed E-state index contributed by atoms with van der Waals surface area (Å²) in [5.74, 6) is -0.417. The maximum atomic E-state index is 12.3. The minimum absolute atomic E-state index is 0.129. The van der Waals surface area contributed by atoms with Gasteiger partial charge in [0.15, 0.2) is 0 Å². The van der Waals surface area contributed by atoms with Crippen molar-refractivity contribution in [2.45, 2.75) is 25.4 Å². The topological polar surface area (TPSA) is 54.0 Å². The minimum atomic E-state index is -0.416. The van der Waals surface area contributed by atoms with E-state index in [0.717, 1.165) is 6.42 Å². The molecule has 1 aliphatic heterocycles. The molecule has 3 rings (SSSR count). The Morgan fingerprint density at radius 3 is 2.59 bits per heavy atom. The van der Waals surface area contributed by atoms with Crippen molar-refractivity contribution in [1.82, 2.24) is 0 Å². The highest BCUT2D eigenvalue weighted by Crippen LogP contribution is 2.28. The van der Waals surface area contributed by atoms with Crippen LogP contribution in [0.3, 0.4) is 0 Å². The molecule has 0 saturated carbocycles. The Labute approximate surface area is 160 Å². The number of methoxy groups -OCH3 is 1. The van der Waals surface area contributed by atoms with E-state index in [0.29, 0.717) is 26.4 Å². The van der Waals surface area contributed by atoms with Crippen LogP contribution in [0.5, 0.6) is 0 Å². The van der Waals surface area contributed by atoms with Crippen molar-refractivity contribution in [3.63, 3.8) is 0 Å². The first kappa shape index (κ1) is 19.8. The lowest BCUT2D eigenvalue weighted by atomic mass is 9.92. The van der Waals surface area contributed by atoms with E-state index in [2.05, 4.69) is 49.4 Å². The number of carbonyl (C=O) groups is 1. The van der Waals surface area contributed by atoms with Gasteiger partial charge >= 0.3 is 5.97 Å². The Bertz CT molecular complexity index is 735. The van der Waals surface area contributed by atoms with Crippen LogP contribution in [0.2, 0.25) is 0 Å². The molecule has 1 aliphatic rings. The second kappa shape index (κ2) is 9.83. The SMILES string of the molecule is CCC(COCC(COC)C(=O)OC1COC1)c1cccc2ccccc12. The zero-order valence-corrected chi connectivity index (χ0v) is 16.1. The van der Waals surface area contributed by atoms with E-state index in [-0.39, 0.29) is 24.6 Å². The van der Waals surface area contributed by atoms with Crippen LogP contribution in [-0.4, -0.2) is 52.2 Å². The molecule has 0 spiro atoms. The van der Waals surface area contributed by atoms with Gasteiger partial charge in [-0.15, -0.1) is 0 Å². The molecule has 2 aromatic carbocycles. The number of rotatable bonds is 10. The Morgan fingerprint density at radius 1 is 1.11 bits per heavy atom. The highest BCUT2D eigenvalue weighted by molar-refractivity contribution is 5.86. The predicted molar refractivity (Wildman–Crippen MR) is 104 cm³/mol. The average Bonchev–Trinajstić information content (AvgIpc) is 2.67. The smallest absolute Gasteiger partial charge is 0.314 e. The second-order valence-corrected chi connectivity index (χ2v) is 6.96. The van der Waals surface area contributed by atoms with Crippen molar-refractivity contribution < 1.29 is 23.7 Å². The summed E-state index contributed by atoms with van der Waals surface area (Å²) < 4.78 is 21.6. The van der Waals surface area contributed by atoms with Gasteiger partial charge in [-0.3, -0.25) is 4.79 Å². The third kappa shape index (κ3) is 5.06. The fourth-order valence-electron chi connectivity index (χ4n) is 3.31. The average molecular weight is 372 g/mol. The van der Waals surface area contributed by atoms with Gasteiger partial charge in [0.25, 0.3) is 0 Å². The second-order valence-electron chi connectivity index (χ2n) is 6.96. The molecule has 27 heavy (non-hydrogen) atoms. The molecule has 0 aliphatic carbocycles. The van der Waals surface area contributed by atoms with Gasteiger partial charge in [-0.25, -0.2) is 0 Å². The van der Waals surface area contributed by atoms with Crippen molar-refractivity contribution in [3.8, 4) is 0 Å².